The summed E-state index contributed by atoms with van der Waals surface area (Å²) in [4.78, 5) is 0. The SMILES string of the molecule is C[C@H]1CCN[C@@H]1CO.Cl. The van der Waals surface area contributed by atoms with E-state index in [1.54, 1.807) is 0 Å². The van der Waals surface area contributed by atoms with Crippen LogP contribution in [0.15, 0.2) is 0 Å². The third-order valence-corrected chi connectivity index (χ3v) is 1.89. The maximum Gasteiger partial charge on any atom is 0.0587 e. The van der Waals surface area contributed by atoms with Crippen molar-refractivity contribution in [1.82, 2.24) is 5.32 Å². The molecule has 2 nitrogen and oxygen atoms in total. The summed E-state index contributed by atoms with van der Waals surface area (Å²) < 4.78 is 0. The van der Waals surface area contributed by atoms with Crippen LogP contribution in [0.4, 0.5) is 0 Å². The van der Waals surface area contributed by atoms with Gasteiger partial charge in [0.2, 0.25) is 0 Å². The average molecular weight is 152 g/mol. The first-order valence-electron chi connectivity index (χ1n) is 3.19. The summed E-state index contributed by atoms with van der Waals surface area (Å²) in [5, 5.41) is 11.9. The van der Waals surface area contributed by atoms with E-state index >= 15 is 0 Å². The van der Waals surface area contributed by atoms with Crippen LogP contribution in [-0.2, 0) is 0 Å². The van der Waals surface area contributed by atoms with E-state index in [0.717, 1.165) is 6.54 Å². The fourth-order valence-electron chi connectivity index (χ4n) is 1.14. The van der Waals surface area contributed by atoms with E-state index in [2.05, 4.69) is 12.2 Å². The molecule has 1 heterocycles. The molecule has 0 unspecified atom stereocenters. The van der Waals surface area contributed by atoms with Crippen molar-refractivity contribution in [3.8, 4) is 0 Å². The van der Waals surface area contributed by atoms with E-state index in [1.165, 1.54) is 6.42 Å². The van der Waals surface area contributed by atoms with Crippen molar-refractivity contribution in [2.24, 2.45) is 5.92 Å². The Morgan fingerprint density at radius 3 is 2.56 bits per heavy atom. The summed E-state index contributed by atoms with van der Waals surface area (Å²) >= 11 is 0. The summed E-state index contributed by atoms with van der Waals surface area (Å²) in [6, 6.07) is 0.370. The van der Waals surface area contributed by atoms with Gasteiger partial charge in [-0.1, -0.05) is 6.92 Å². The largest absolute Gasteiger partial charge is 0.395 e. The van der Waals surface area contributed by atoms with Crippen LogP contribution in [0.25, 0.3) is 0 Å². The second-order valence-electron chi connectivity index (χ2n) is 2.51. The molecule has 2 atom stereocenters. The smallest absolute Gasteiger partial charge is 0.0587 e. The maximum absolute atomic E-state index is 8.67. The highest BCUT2D eigenvalue weighted by Gasteiger charge is 2.20. The van der Waals surface area contributed by atoms with Crippen molar-refractivity contribution < 1.29 is 5.11 Å². The fourth-order valence-corrected chi connectivity index (χ4v) is 1.14. The van der Waals surface area contributed by atoms with Crippen molar-refractivity contribution in [3.05, 3.63) is 0 Å². The number of halogens is 1. The Hall–Kier alpha value is 0.210. The van der Waals surface area contributed by atoms with E-state index in [4.69, 9.17) is 5.11 Å². The molecule has 0 amide bonds. The molecule has 9 heavy (non-hydrogen) atoms. The van der Waals surface area contributed by atoms with Crippen molar-refractivity contribution in [1.29, 1.82) is 0 Å². The second kappa shape index (κ2) is 4.09. The maximum atomic E-state index is 8.67. The van der Waals surface area contributed by atoms with Gasteiger partial charge >= 0.3 is 0 Å². The van der Waals surface area contributed by atoms with Crippen LogP contribution in [0.5, 0.6) is 0 Å². The van der Waals surface area contributed by atoms with Crippen molar-refractivity contribution in [2.75, 3.05) is 13.2 Å². The Balaban J connectivity index is 0.000000640. The zero-order chi connectivity index (χ0) is 5.98. The van der Waals surface area contributed by atoms with Gasteiger partial charge in [-0.15, -0.1) is 12.4 Å². The van der Waals surface area contributed by atoms with Gasteiger partial charge in [-0.25, -0.2) is 0 Å². The Labute approximate surface area is 62.1 Å². The van der Waals surface area contributed by atoms with Crippen molar-refractivity contribution in [2.45, 2.75) is 19.4 Å². The minimum atomic E-state index is 0. The van der Waals surface area contributed by atoms with Gasteiger partial charge in [0.05, 0.1) is 6.61 Å². The first-order chi connectivity index (χ1) is 3.84. The summed E-state index contributed by atoms with van der Waals surface area (Å²) in [6.07, 6.45) is 1.21. The molecule has 2 N–H and O–H groups in total. The molecule has 0 radical (unpaired) electrons. The second-order valence-corrected chi connectivity index (χ2v) is 2.51. The van der Waals surface area contributed by atoms with Crippen LogP contribution in [0.3, 0.4) is 0 Å². The predicted octanol–water partition coefficient (Wildman–Crippen LogP) is 0.398. The Kier molecular flexibility index (Phi) is 4.19. The summed E-state index contributed by atoms with van der Waals surface area (Å²) in [6.45, 7) is 3.54. The van der Waals surface area contributed by atoms with Gasteiger partial charge in [0.1, 0.15) is 0 Å². The molecule has 3 heteroatoms. The first-order valence-corrected chi connectivity index (χ1v) is 3.19. The number of nitrogens with one attached hydrogen (secondary N) is 1. The van der Waals surface area contributed by atoms with Gasteiger partial charge in [-0.3, -0.25) is 0 Å². The lowest BCUT2D eigenvalue weighted by Crippen LogP contribution is -2.29. The van der Waals surface area contributed by atoms with E-state index in [-0.39, 0.29) is 12.4 Å². The Morgan fingerprint density at radius 1 is 1.67 bits per heavy atom. The standard InChI is InChI=1S/C6H13NO.ClH/c1-5-2-3-7-6(5)4-8;/h5-8H,2-4H2,1H3;1H/t5-,6+;/m0./s1. The van der Waals surface area contributed by atoms with Crippen molar-refractivity contribution in [3.63, 3.8) is 0 Å². The van der Waals surface area contributed by atoms with Crippen molar-refractivity contribution >= 4 is 12.4 Å². The van der Waals surface area contributed by atoms with Crippen LogP contribution >= 0.6 is 12.4 Å². The van der Waals surface area contributed by atoms with Crippen LogP contribution in [0.1, 0.15) is 13.3 Å². The third kappa shape index (κ3) is 2.12. The summed E-state index contributed by atoms with van der Waals surface area (Å²) in [7, 11) is 0. The number of rotatable bonds is 1. The minimum Gasteiger partial charge on any atom is -0.395 e. The summed E-state index contributed by atoms with van der Waals surface area (Å²) in [5.41, 5.74) is 0. The van der Waals surface area contributed by atoms with Gasteiger partial charge in [-0.2, -0.15) is 0 Å². The van der Waals surface area contributed by atoms with E-state index in [1.807, 2.05) is 0 Å². The molecule has 1 aliphatic heterocycles. The molecule has 0 aromatic heterocycles. The molecule has 0 spiro atoms. The molecule has 56 valence electrons. The zero-order valence-corrected chi connectivity index (χ0v) is 6.45. The topological polar surface area (TPSA) is 32.3 Å². The zero-order valence-electron chi connectivity index (χ0n) is 5.63. The Bertz CT molecular complexity index is 79.5. The lowest BCUT2D eigenvalue weighted by Gasteiger charge is -2.10. The average Bonchev–Trinajstić information content (AvgIpc) is 2.14. The summed E-state index contributed by atoms with van der Waals surface area (Å²) in [5.74, 6) is 0.667. The molecule has 0 aromatic carbocycles. The quantitative estimate of drug-likeness (QED) is 0.569. The molecule has 0 saturated carbocycles. The molecular formula is C6H14ClNO. The van der Waals surface area contributed by atoms with Gasteiger partial charge in [0.15, 0.2) is 0 Å². The lowest BCUT2D eigenvalue weighted by molar-refractivity contribution is 0.233. The van der Waals surface area contributed by atoms with Crippen LogP contribution < -0.4 is 5.32 Å². The number of hydrogen-bond acceptors (Lipinski definition) is 2. The highest BCUT2D eigenvalue weighted by molar-refractivity contribution is 5.85. The number of aliphatic hydroxyl groups is 1. The van der Waals surface area contributed by atoms with Crippen LogP contribution in [0.2, 0.25) is 0 Å². The minimum absolute atomic E-state index is 0. The molecule has 1 fully saturated rings. The van der Waals surface area contributed by atoms with Gasteiger partial charge in [0.25, 0.3) is 0 Å². The van der Waals surface area contributed by atoms with E-state index in [9.17, 15) is 0 Å². The number of aliphatic hydroxyl groups excluding tert-OH is 1. The molecule has 1 aliphatic rings. The molecule has 0 aliphatic carbocycles. The first kappa shape index (κ1) is 9.21. The highest BCUT2D eigenvalue weighted by atomic mass is 35.5. The van der Waals surface area contributed by atoms with E-state index < -0.39 is 0 Å². The van der Waals surface area contributed by atoms with Gasteiger partial charge in [0, 0.05) is 6.04 Å². The predicted molar refractivity (Wildman–Crippen MR) is 39.9 cm³/mol. The fraction of sp³-hybridized carbons (Fsp3) is 1.00. The highest BCUT2D eigenvalue weighted by Crippen LogP contribution is 2.12. The van der Waals surface area contributed by atoms with Gasteiger partial charge < -0.3 is 10.4 Å². The number of hydrogen-bond donors (Lipinski definition) is 2. The molecule has 1 rings (SSSR count). The third-order valence-electron chi connectivity index (χ3n) is 1.89. The monoisotopic (exact) mass is 151 g/mol. The lowest BCUT2D eigenvalue weighted by atomic mass is 10.1. The molecular weight excluding hydrogens is 138 g/mol. The van der Waals surface area contributed by atoms with Crippen LogP contribution in [-0.4, -0.2) is 24.3 Å². The van der Waals surface area contributed by atoms with Crippen LogP contribution in [0, 0.1) is 5.92 Å². The molecule has 1 saturated heterocycles. The normalized spacial score (nSPS) is 34.0. The van der Waals surface area contributed by atoms with Gasteiger partial charge in [-0.05, 0) is 18.9 Å². The molecule has 0 aromatic rings. The van der Waals surface area contributed by atoms with E-state index in [0.29, 0.717) is 18.6 Å². The Morgan fingerprint density at radius 2 is 2.33 bits per heavy atom. The molecule has 0 bridgehead atoms.